The van der Waals surface area contributed by atoms with Crippen LogP contribution in [0.15, 0.2) is 36.4 Å². The third kappa shape index (κ3) is 4.37. The minimum Gasteiger partial charge on any atom is -0.487 e. The van der Waals surface area contributed by atoms with E-state index in [2.05, 4.69) is 53.5 Å². The molecule has 0 saturated carbocycles. The van der Waals surface area contributed by atoms with Crippen LogP contribution in [0.2, 0.25) is 0 Å². The van der Waals surface area contributed by atoms with Crippen molar-refractivity contribution in [3.8, 4) is 5.75 Å². The second-order valence-corrected chi connectivity index (χ2v) is 8.33. The number of ether oxygens (including phenoxy) is 1. The zero-order valence-corrected chi connectivity index (χ0v) is 17.9. The molecule has 0 aliphatic carbocycles. The maximum Gasteiger partial charge on any atom is 0.130 e. The lowest BCUT2D eigenvalue weighted by atomic mass is 10.1. The standard InChI is InChI=1S/C23H31N5O/c1-16(2)28-18(4)22(17(3)26-28)14-27-11-10-19(13-27)23-12-20(24-25-23)15-29-21-8-6-5-7-9-21/h5-9,12,16,19H,10-11,13-15H2,1-4H3,(H,24,25). The van der Waals surface area contributed by atoms with Crippen LogP contribution < -0.4 is 4.74 Å². The molecule has 6 heteroatoms. The fourth-order valence-corrected chi connectivity index (χ4v) is 4.21. The lowest BCUT2D eigenvalue weighted by Gasteiger charge is -2.16. The Morgan fingerprint density at radius 2 is 2.00 bits per heavy atom. The Morgan fingerprint density at radius 3 is 2.72 bits per heavy atom. The lowest BCUT2D eigenvalue weighted by Crippen LogP contribution is -2.20. The molecule has 0 spiro atoms. The van der Waals surface area contributed by atoms with E-state index < -0.39 is 0 Å². The van der Waals surface area contributed by atoms with Gasteiger partial charge in [-0.15, -0.1) is 0 Å². The van der Waals surface area contributed by atoms with Gasteiger partial charge in [-0.3, -0.25) is 14.7 Å². The summed E-state index contributed by atoms with van der Waals surface area (Å²) in [4.78, 5) is 2.53. The van der Waals surface area contributed by atoms with E-state index in [1.807, 2.05) is 30.3 Å². The Hall–Kier alpha value is -2.60. The van der Waals surface area contributed by atoms with E-state index in [1.165, 1.54) is 11.3 Å². The van der Waals surface area contributed by atoms with Crippen LogP contribution >= 0.6 is 0 Å². The predicted octanol–water partition coefficient (Wildman–Crippen LogP) is 4.37. The number of benzene rings is 1. The molecule has 1 aliphatic heterocycles. The van der Waals surface area contributed by atoms with Crippen LogP contribution in [0.5, 0.6) is 5.75 Å². The first-order valence-corrected chi connectivity index (χ1v) is 10.5. The number of aromatic amines is 1. The maximum absolute atomic E-state index is 5.83. The number of para-hydroxylation sites is 1. The molecule has 1 aromatic carbocycles. The normalized spacial score (nSPS) is 17.3. The van der Waals surface area contributed by atoms with Crippen molar-refractivity contribution in [2.24, 2.45) is 0 Å². The number of nitrogens with one attached hydrogen (secondary N) is 1. The highest BCUT2D eigenvalue weighted by atomic mass is 16.5. The Bertz CT molecular complexity index is 944. The van der Waals surface area contributed by atoms with E-state index in [1.54, 1.807) is 0 Å². The van der Waals surface area contributed by atoms with Crippen molar-refractivity contribution in [1.82, 2.24) is 24.9 Å². The van der Waals surface area contributed by atoms with Gasteiger partial charge in [0.1, 0.15) is 12.4 Å². The minimum atomic E-state index is 0.398. The monoisotopic (exact) mass is 393 g/mol. The van der Waals surface area contributed by atoms with Gasteiger partial charge in [-0.25, -0.2) is 0 Å². The molecule has 3 heterocycles. The van der Waals surface area contributed by atoms with Crippen LogP contribution in [0, 0.1) is 13.8 Å². The van der Waals surface area contributed by atoms with Crippen LogP contribution in [0.1, 0.15) is 60.6 Å². The number of aryl methyl sites for hydroxylation is 1. The van der Waals surface area contributed by atoms with Crippen molar-refractivity contribution >= 4 is 0 Å². The molecule has 29 heavy (non-hydrogen) atoms. The van der Waals surface area contributed by atoms with Crippen LogP contribution in [-0.4, -0.2) is 38.0 Å². The molecule has 1 saturated heterocycles. The number of H-pyrrole nitrogens is 1. The molecule has 3 aromatic rings. The second kappa shape index (κ2) is 8.41. The number of nitrogens with zero attached hydrogens (tertiary/aromatic N) is 4. The van der Waals surface area contributed by atoms with Crippen molar-refractivity contribution in [2.45, 2.75) is 59.2 Å². The molecule has 1 unspecified atom stereocenters. The van der Waals surface area contributed by atoms with Gasteiger partial charge >= 0.3 is 0 Å². The van der Waals surface area contributed by atoms with Gasteiger partial charge in [0.05, 0.1) is 17.1 Å². The van der Waals surface area contributed by atoms with Gasteiger partial charge in [0.25, 0.3) is 0 Å². The van der Waals surface area contributed by atoms with Crippen molar-refractivity contribution in [3.05, 3.63) is 64.7 Å². The zero-order valence-electron chi connectivity index (χ0n) is 17.9. The largest absolute Gasteiger partial charge is 0.487 e. The van der Waals surface area contributed by atoms with E-state index in [0.29, 0.717) is 18.6 Å². The number of rotatable bonds is 7. The molecule has 4 rings (SSSR count). The summed E-state index contributed by atoms with van der Waals surface area (Å²) < 4.78 is 7.97. The van der Waals surface area contributed by atoms with E-state index in [4.69, 9.17) is 9.84 Å². The smallest absolute Gasteiger partial charge is 0.130 e. The van der Waals surface area contributed by atoms with Gasteiger partial charge in [0.2, 0.25) is 0 Å². The molecule has 0 amide bonds. The Balaban J connectivity index is 1.35. The van der Waals surface area contributed by atoms with Crippen molar-refractivity contribution in [2.75, 3.05) is 13.1 Å². The van der Waals surface area contributed by atoms with Gasteiger partial charge in [-0.05, 0) is 58.9 Å². The van der Waals surface area contributed by atoms with E-state index in [0.717, 1.165) is 48.9 Å². The fraction of sp³-hybridized carbons (Fsp3) is 0.478. The number of likely N-dealkylation sites (tertiary alicyclic amines) is 1. The molecule has 1 atom stereocenters. The first kappa shape index (κ1) is 19.7. The fourth-order valence-electron chi connectivity index (χ4n) is 4.21. The molecule has 0 radical (unpaired) electrons. The molecule has 1 aliphatic rings. The van der Waals surface area contributed by atoms with Gasteiger partial charge in [0.15, 0.2) is 0 Å². The maximum atomic E-state index is 5.83. The SMILES string of the molecule is Cc1nn(C(C)C)c(C)c1CN1CCC(c2cc(COc3ccccc3)[nH]n2)C1. The van der Waals surface area contributed by atoms with E-state index in [9.17, 15) is 0 Å². The third-order valence-corrected chi connectivity index (χ3v) is 5.82. The molecule has 1 fully saturated rings. The molecular weight excluding hydrogens is 362 g/mol. The highest BCUT2D eigenvalue weighted by Crippen LogP contribution is 2.29. The molecule has 0 bridgehead atoms. The topological polar surface area (TPSA) is 59.0 Å². The van der Waals surface area contributed by atoms with Crippen molar-refractivity contribution < 1.29 is 4.74 Å². The molecule has 6 nitrogen and oxygen atoms in total. The van der Waals surface area contributed by atoms with Crippen LogP contribution in [0.25, 0.3) is 0 Å². The predicted molar refractivity (Wildman–Crippen MR) is 114 cm³/mol. The lowest BCUT2D eigenvalue weighted by molar-refractivity contribution is 0.301. The average molecular weight is 394 g/mol. The summed E-state index contributed by atoms with van der Waals surface area (Å²) in [6.07, 6.45) is 1.14. The van der Waals surface area contributed by atoms with Crippen molar-refractivity contribution in [3.63, 3.8) is 0 Å². The molecular formula is C23H31N5O. The number of aromatic nitrogens is 4. The summed E-state index contributed by atoms with van der Waals surface area (Å²) >= 11 is 0. The van der Waals surface area contributed by atoms with Gasteiger partial charge in [-0.2, -0.15) is 10.2 Å². The summed E-state index contributed by atoms with van der Waals surface area (Å²) in [6, 6.07) is 12.4. The van der Waals surface area contributed by atoms with Crippen molar-refractivity contribution in [1.29, 1.82) is 0 Å². The molecule has 2 aromatic heterocycles. The van der Waals surface area contributed by atoms with Gasteiger partial charge in [-0.1, -0.05) is 18.2 Å². The Morgan fingerprint density at radius 1 is 1.21 bits per heavy atom. The minimum absolute atomic E-state index is 0.398. The summed E-state index contributed by atoms with van der Waals surface area (Å²) in [5.74, 6) is 1.35. The van der Waals surface area contributed by atoms with Gasteiger partial charge < -0.3 is 4.74 Å². The quantitative estimate of drug-likeness (QED) is 0.647. The van der Waals surface area contributed by atoms with Gasteiger partial charge in [0, 0.05) is 36.3 Å². The summed E-state index contributed by atoms with van der Waals surface area (Å²) in [6.45, 7) is 12.3. The highest BCUT2D eigenvalue weighted by Gasteiger charge is 2.27. The highest BCUT2D eigenvalue weighted by molar-refractivity contribution is 5.26. The molecule has 1 N–H and O–H groups in total. The summed E-state index contributed by atoms with van der Waals surface area (Å²) in [5.41, 5.74) is 5.98. The Kier molecular flexibility index (Phi) is 5.72. The summed E-state index contributed by atoms with van der Waals surface area (Å²) in [5, 5.41) is 12.4. The first-order chi connectivity index (χ1) is 14.0. The van der Waals surface area contributed by atoms with E-state index >= 15 is 0 Å². The average Bonchev–Trinajstić information content (AvgIpc) is 3.43. The summed E-state index contributed by atoms with van der Waals surface area (Å²) in [7, 11) is 0. The Labute approximate surface area is 172 Å². The van der Waals surface area contributed by atoms with Crippen LogP contribution in [-0.2, 0) is 13.2 Å². The van der Waals surface area contributed by atoms with Crippen LogP contribution in [0.4, 0.5) is 0 Å². The van der Waals surface area contributed by atoms with E-state index in [-0.39, 0.29) is 0 Å². The number of hydrogen-bond donors (Lipinski definition) is 1. The second-order valence-electron chi connectivity index (χ2n) is 8.33. The first-order valence-electron chi connectivity index (χ1n) is 10.5. The third-order valence-electron chi connectivity index (χ3n) is 5.82. The zero-order chi connectivity index (χ0) is 20.4. The molecule has 154 valence electrons. The van der Waals surface area contributed by atoms with Crippen LogP contribution in [0.3, 0.4) is 0 Å². The number of hydrogen-bond acceptors (Lipinski definition) is 4.